The van der Waals surface area contributed by atoms with Crippen LogP contribution in [0, 0.1) is 6.92 Å². The normalized spacial score (nSPS) is 12.9. The number of thioether (sulfide) groups is 1. The van der Waals surface area contributed by atoms with Crippen LogP contribution < -0.4 is 5.32 Å². The molecule has 0 fully saturated rings. The Morgan fingerprint density at radius 3 is 2.86 bits per heavy atom. The van der Waals surface area contributed by atoms with E-state index in [1.54, 1.807) is 11.8 Å². The Morgan fingerprint density at radius 2 is 2.04 bits per heavy atom. The number of aromatic nitrogens is 4. The first-order valence-electron chi connectivity index (χ1n) is 8.90. The molecule has 5 rings (SSSR count). The molecule has 8 heteroatoms. The van der Waals surface area contributed by atoms with Gasteiger partial charge in [-0.3, -0.25) is 4.79 Å². The third kappa shape index (κ3) is 3.14. The number of imidazole rings is 1. The zero-order chi connectivity index (χ0) is 19.1. The van der Waals surface area contributed by atoms with Gasteiger partial charge in [0.1, 0.15) is 4.88 Å². The first-order chi connectivity index (χ1) is 13.7. The summed E-state index contributed by atoms with van der Waals surface area (Å²) in [6.45, 7) is 2.86. The fourth-order valence-corrected chi connectivity index (χ4v) is 5.03. The summed E-state index contributed by atoms with van der Waals surface area (Å²) in [5.41, 5.74) is 3.40. The van der Waals surface area contributed by atoms with Crippen LogP contribution in [0.25, 0.3) is 16.4 Å². The van der Waals surface area contributed by atoms with Gasteiger partial charge in [-0.05, 0) is 31.2 Å². The van der Waals surface area contributed by atoms with Gasteiger partial charge in [0.15, 0.2) is 10.3 Å². The van der Waals surface area contributed by atoms with Crippen molar-refractivity contribution in [3.05, 3.63) is 65.6 Å². The van der Waals surface area contributed by atoms with Crippen molar-refractivity contribution in [3.8, 4) is 16.4 Å². The van der Waals surface area contributed by atoms with Gasteiger partial charge in [-0.1, -0.05) is 35.2 Å². The van der Waals surface area contributed by atoms with Gasteiger partial charge in [-0.25, -0.2) is 9.97 Å². The number of rotatable bonds is 4. The van der Waals surface area contributed by atoms with Crippen molar-refractivity contribution in [2.75, 3.05) is 11.1 Å². The van der Waals surface area contributed by atoms with Gasteiger partial charge in [0, 0.05) is 42.1 Å². The molecule has 0 saturated heterocycles. The highest BCUT2D eigenvalue weighted by molar-refractivity contribution is 7.99. The van der Waals surface area contributed by atoms with Crippen LogP contribution in [0.4, 0.5) is 5.69 Å². The van der Waals surface area contributed by atoms with Gasteiger partial charge in [-0.2, -0.15) is 0 Å². The van der Waals surface area contributed by atoms with Crippen LogP contribution in [0.1, 0.15) is 15.4 Å². The predicted octanol–water partition coefficient (Wildman–Crippen LogP) is 4.46. The average molecular weight is 408 g/mol. The second kappa shape index (κ2) is 6.96. The molecule has 1 aliphatic rings. The summed E-state index contributed by atoms with van der Waals surface area (Å²) in [7, 11) is 0. The molecule has 6 nitrogen and oxygen atoms in total. The highest BCUT2D eigenvalue weighted by atomic mass is 32.2. The molecular weight excluding hydrogens is 390 g/mol. The van der Waals surface area contributed by atoms with Gasteiger partial charge < -0.3 is 14.5 Å². The van der Waals surface area contributed by atoms with E-state index < -0.39 is 0 Å². The fraction of sp³-hybridized carbons (Fsp3) is 0.150. The van der Waals surface area contributed by atoms with Gasteiger partial charge >= 0.3 is 0 Å². The molecule has 1 N–H and O–H groups in total. The summed E-state index contributed by atoms with van der Waals surface area (Å²) in [6, 6.07) is 11.7. The van der Waals surface area contributed by atoms with Crippen LogP contribution in [0.15, 0.2) is 60.1 Å². The first kappa shape index (κ1) is 17.3. The van der Waals surface area contributed by atoms with Crippen LogP contribution in [0.3, 0.4) is 0 Å². The highest BCUT2D eigenvalue weighted by Gasteiger charge is 2.18. The van der Waals surface area contributed by atoms with Crippen molar-refractivity contribution in [2.24, 2.45) is 0 Å². The second-order valence-electron chi connectivity index (χ2n) is 6.49. The van der Waals surface area contributed by atoms with Gasteiger partial charge in [0.05, 0.1) is 11.4 Å². The first-order valence-corrected chi connectivity index (χ1v) is 10.7. The number of aryl methyl sites for hydroxylation is 2. The fourth-order valence-electron chi connectivity index (χ4n) is 3.16. The lowest BCUT2D eigenvalue weighted by Crippen LogP contribution is -2.11. The topological polar surface area (TPSA) is 64.7 Å². The van der Waals surface area contributed by atoms with E-state index in [1.807, 2.05) is 60.3 Å². The summed E-state index contributed by atoms with van der Waals surface area (Å²) in [6.07, 6.45) is 5.92. The van der Waals surface area contributed by atoms with Gasteiger partial charge in [-0.15, -0.1) is 0 Å². The molecule has 1 amide bonds. The SMILES string of the molecule is Cc1nc(-n2cccc2)sc1C(=O)Nc1cccc(-c2cn3c(n2)SCC3)c1. The number of carbonyl (C=O) groups is 1. The van der Waals surface area contributed by atoms with Crippen LogP contribution in [-0.2, 0) is 6.54 Å². The third-order valence-electron chi connectivity index (χ3n) is 4.54. The molecule has 0 aliphatic carbocycles. The van der Waals surface area contributed by atoms with E-state index in [2.05, 4.69) is 26.0 Å². The molecule has 4 heterocycles. The third-order valence-corrected chi connectivity index (χ3v) is 6.68. The van der Waals surface area contributed by atoms with E-state index in [1.165, 1.54) is 11.3 Å². The number of thiazole rings is 1. The van der Waals surface area contributed by atoms with Gasteiger partial charge in [0.25, 0.3) is 5.91 Å². The minimum absolute atomic E-state index is 0.145. The maximum absolute atomic E-state index is 12.8. The Bertz CT molecular complexity index is 1140. The summed E-state index contributed by atoms with van der Waals surface area (Å²) < 4.78 is 4.08. The summed E-state index contributed by atoms with van der Waals surface area (Å²) >= 11 is 3.16. The zero-order valence-electron chi connectivity index (χ0n) is 15.1. The van der Waals surface area contributed by atoms with Crippen LogP contribution in [0.5, 0.6) is 0 Å². The van der Waals surface area contributed by atoms with E-state index in [4.69, 9.17) is 0 Å². The number of hydrogen-bond donors (Lipinski definition) is 1. The monoisotopic (exact) mass is 407 g/mol. The highest BCUT2D eigenvalue weighted by Crippen LogP contribution is 2.30. The van der Waals surface area contributed by atoms with E-state index in [0.29, 0.717) is 4.88 Å². The molecule has 0 radical (unpaired) electrons. The molecule has 0 atom stereocenters. The molecule has 1 aromatic carbocycles. The summed E-state index contributed by atoms with van der Waals surface area (Å²) in [5, 5.41) is 4.84. The lowest BCUT2D eigenvalue weighted by Gasteiger charge is -2.06. The van der Waals surface area contributed by atoms with Crippen molar-refractivity contribution in [2.45, 2.75) is 18.6 Å². The van der Waals surface area contributed by atoms with Gasteiger partial charge in [0.2, 0.25) is 0 Å². The van der Waals surface area contributed by atoms with Crippen molar-refractivity contribution in [1.82, 2.24) is 19.1 Å². The van der Waals surface area contributed by atoms with Crippen molar-refractivity contribution >= 4 is 34.7 Å². The largest absolute Gasteiger partial charge is 0.325 e. The minimum atomic E-state index is -0.145. The van der Waals surface area contributed by atoms with E-state index in [0.717, 1.165) is 45.2 Å². The van der Waals surface area contributed by atoms with E-state index in [-0.39, 0.29) is 5.91 Å². The molecule has 0 saturated carbocycles. The maximum Gasteiger partial charge on any atom is 0.267 e. The lowest BCUT2D eigenvalue weighted by atomic mass is 10.1. The Balaban J connectivity index is 1.38. The molecule has 4 aromatic rings. The average Bonchev–Trinajstić information content (AvgIpc) is 3.45. The molecular formula is C20H17N5OS2. The molecule has 0 bridgehead atoms. The predicted molar refractivity (Wildman–Crippen MR) is 113 cm³/mol. The zero-order valence-corrected chi connectivity index (χ0v) is 16.8. The number of carbonyl (C=O) groups excluding carboxylic acids is 1. The quantitative estimate of drug-likeness (QED) is 0.542. The van der Waals surface area contributed by atoms with Crippen molar-refractivity contribution in [3.63, 3.8) is 0 Å². The number of benzene rings is 1. The van der Waals surface area contributed by atoms with Crippen LogP contribution in [0.2, 0.25) is 0 Å². The Morgan fingerprint density at radius 1 is 1.18 bits per heavy atom. The number of nitrogens with one attached hydrogen (secondary N) is 1. The molecule has 0 unspecified atom stereocenters. The Kier molecular flexibility index (Phi) is 4.29. The standard InChI is InChI=1S/C20H17N5OS2/c1-13-17(28-20(21-13)24-7-2-3-8-24)18(26)22-15-6-4-5-14(11-15)16-12-25-9-10-27-19(25)23-16/h2-8,11-12H,9-10H2,1H3,(H,22,26). The summed E-state index contributed by atoms with van der Waals surface area (Å²) in [4.78, 5) is 22.6. The Labute approximate surface area is 170 Å². The van der Waals surface area contributed by atoms with Crippen molar-refractivity contribution in [1.29, 1.82) is 0 Å². The molecule has 3 aromatic heterocycles. The molecule has 140 valence electrons. The van der Waals surface area contributed by atoms with Crippen LogP contribution >= 0.6 is 23.1 Å². The molecule has 28 heavy (non-hydrogen) atoms. The summed E-state index contributed by atoms with van der Waals surface area (Å²) in [5.74, 6) is 0.936. The number of anilines is 1. The van der Waals surface area contributed by atoms with Crippen molar-refractivity contribution < 1.29 is 4.79 Å². The lowest BCUT2D eigenvalue weighted by molar-refractivity contribution is 0.103. The Hall–Kier alpha value is -2.84. The number of hydrogen-bond acceptors (Lipinski definition) is 5. The number of amides is 1. The van der Waals surface area contributed by atoms with E-state index >= 15 is 0 Å². The van der Waals surface area contributed by atoms with Crippen LogP contribution in [-0.4, -0.2) is 30.8 Å². The second-order valence-corrected chi connectivity index (χ2v) is 8.53. The molecule has 1 aliphatic heterocycles. The number of fused-ring (bicyclic) bond motifs is 1. The smallest absolute Gasteiger partial charge is 0.267 e. The van der Waals surface area contributed by atoms with E-state index in [9.17, 15) is 4.79 Å². The molecule has 0 spiro atoms. The maximum atomic E-state index is 12.8. The number of nitrogens with zero attached hydrogens (tertiary/aromatic N) is 4. The minimum Gasteiger partial charge on any atom is -0.325 e.